The summed E-state index contributed by atoms with van der Waals surface area (Å²) in [7, 11) is 1.88. The summed E-state index contributed by atoms with van der Waals surface area (Å²) in [6, 6.07) is 12.4. The molecule has 0 aliphatic rings. The molecule has 0 saturated heterocycles. The number of rotatable bonds is 6. The van der Waals surface area contributed by atoms with Gasteiger partial charge in [-0.25, -0.2) is 0 Å². The second-order valence-corrected chi connectivity index (χ2v) is 5.34. The molecule has 8 nitrogen and oxygen atoms in total. The number of aromatic nitrogens is 3. The number of carbonyl (C=O) groups excluding carboxylic acids is 2. The van der Waals surface area contributed by atoms with E-state index in [-0.39, 0.29) is 24.9 Å². The van der Waals surface area contributed by atoms with E-state index in [4.69, 9.17) is 4.52 Å². The van der Waals surface area contributed by atoms with Crippen LogP contribution in [0.5, 0.6) is 0 Å². The second-order valence-electron chi connectivity index (χ2n) is 5.34. The monoisotopic (exact) mass is 339 g/mol. The van der Waals surface area contributed by atoms with Crippen molar-refractivity contribution in [1.29, 1.82) is 0 Å². The van der Waals surface area contributed by atoms with Crippen molar-refractivity contribution in [2.24, 2.45) is 7.05 Å². The molecule has 2 aromatic heterocycles. The molecule has 0 spiro atoms. The van der Waals surface area contributed by atoms with E-state index in [9.17, 15) is 9.59 Å². The van der Waals surface area contributed by atoms with Crippen LogP contribution in [-0.4, -0.2) is 33.1 Å². The molecule has 25 heavy (non-hydrogen) atoms. The van der Waals surface area contributed by atoms with Crippen LogP contribution in [0.25, 0.3) is 11.5 Å². The van der Waals surface area contributed by atoms with Crippen molar-refractivity contribution in [3.05, 3.63) is 60.1 Å². The van der Waals surface area contributed by atoms with Gasteiger partial charge in [0.05, 0.1) is 18.8 Å². The van der Waals surface area contributed by atoms with Crippen LogP contribution in [0.1, 0.15) is 16.2 Å². The standard InChI is InChI=1S/C17H17N5O3/c1-22-9-5-8-13(22)16-20-15(25-21-16)11-18-14(23)10-19-17(24)12-6-3-2-4-7-12/h2-9H,10-11H2,1H3,(H,18,23)(H,19,24). The van der Waals surface area contributed by atoms with E-state index in [1.807, 2.05) is 36.0 Å². The van der Waals surface area contributed by atoms with E-state index in [1.165, 1.54) is 0 Å². The first-order valence-corrected chi connectivity index (χ1v) is 7.68. The van der Waals surface area contributed by atoms with Gasteiger partial charge in [0, 0.05) is 18.8 Å². The maximum absolute atomic E-state index is 11.9. The van der Waals surface area contributed by atoms with Crippen molar-refractivity contribution in [1.82, 2.24) is 25.3 Å². The molecule has 0 radical (unpaired) electrons. The normalized spacial score (nSPS) is 10.4. The van der Waals surface area contributed by atoms with Gasteiger partial charge in [0.25, 0.3) is 5.91 Å². The Balaban J connectivity index is 1.47. The van der Waals surface area contributed by atoms with Gasteiger partial charge >= 0.3 is 0 Å². The van der Waals surface area contributed by atoms with Gasteiger partial charge < -0.3 is 19.7 Å². The van der Waals surface area contributed by atoms with Gasteiger partial charge in [-0.05, 0) is 24.3 Å². The van der Waals surface area contributed by atoms with Gasteiger partial charge in [0.1, 0.15) is 0 Å². The summed E-state index contributed by atoms with van der Waals surface area (Å²) in [6.07, 6.45) is 1.88. The van der Waals surface area contributed by atoms with Gasteiger partial charge in [-0.2, -0.15) is 4.98 Å². The van der Waals surface area contributed by atoms with E-state index >= 15 is 0 Å². The molecule has 1 aromatic carbocycles. The van der Waals surface area contributed by atoms with Crippen LogP contribution in [0.15, 0.2) is 53.2 Å². The molecule has 2 amide bonds. The number of carbonyl (C=O) groups is 2. The summed E-state index contributed by atoms with van der Waals surface area (Å²) in [4.78, 5) is 27.9. The van der Waals surface area contributed by atoms with E-state index in [0.29, 0.717) is 17.3 Å². The Morgan fingerprint density at radius 3 is 2.64 bits per heavy atom. The van der Waals surface area contributed by atoms with Crippen molar-refractivity contribution in [2.75, 3.05) is 6.54 Å². The van der Waals surface area contributed by atoms with Crippen LogP contribution >= 0.6 is 0 Å². The molecular weight excluding hydrogens is 322 g/mol. The number of nitrogens with one attached hydrogen (secondary N) is 2. The van der Waals surface area contributed by atoms with E-state index in [0.717, 1.165) is 5.69 Å². The van der Waals surface area contributed by atoms with Crippen molar-refractivity contribution in [3.8, 4) is 11.5 Å². The zero-order valence-electron chi connectivity index (χ0n) is 13.6. The quantitative estimate of drug-likeness (QED) is 0.701. The first kappa shape index (κ1) is 16.4. The van der Waals surface area contributed by atoms with Crippen molar-refractivity contribution < 1.29 is 14.1 Å². The summed E-state index contributed by atoms with van der Waals surface area (Å²) in [5.74, 6) is 0.0931. The fraction of sp³-hybridized carbons (Fsp3) is 0.176. The molecule has 0 fully saturated rings. The van der Waals surface area contributed by atoms with Crippen LogP contribution in [-0.2, 0) is 18.4 Å². The molecule has 3 aromatic rings. The minimum atomic E-state index is -0.345. The average molecular weight is 339 g/mol. The van der Waals surface area contributed by atoms with Crippen molar-refractivity contribution in [2.45, 2.75) is 6.54 Å². The lowest BCUT2D eigenvalue weighted by atomic mass is 10.2. The predicted octanol–water partition coefficient (Wildman–Crippen LogP) is 1.12. The fourth-order valence-electron chi connectivity index (χ4n) is 2.21. The molecule has 0 aliphatic heterocycles. The fourth-order valence-corrected chi connectivity index (χ4v) is 2.21. The van der Waals surface area contributed by atoms with Crippen molar-refractivity contribution >= 4 is 11.8 Å². The third kappa shape index (κ3) is 4.11. The number of nitrogens with zero attached hydrogens (tertiary/aromatic N) is 3. The smallest absolute Gasteiger partial charge is 0.251 e. The van der Waals surface area contributed by atoms with Crippen LogP contribution in [0, 0.1) is 0 Å². The lowest BCUT2D eigenvalue weighted by Gasteiger charge is -2.05. The average Bonchev–Trinajstić information content (AvgIpc) is 3.27. The first-order valence-electron chi connectivity index (χ1n) is 7.68. The molecule has 0 aliphatic carbocycles. The molecule has 8 heteroatoms. The highest BCUT2D eigenvalue weighted by molar-refractivity contribution is 5.96. The highest BCUT2D eigenvalue weighted by Crippen LogP contribution is 2.15. The van der Waals surface area contributed by atoms with Gasteiger partial charge in [-0.15, -0.1) is 0 Å². The molecule has 2 N–H and O–H groups in total. The molecular formula is C17H17N5O3. The third-order valence-electron chi connectivity index (χ3n) is 3.52. The number of aryl methyl sites for hydroxylation is 1. The Morgan fingerprint density at radius 2 is 1.92 bits per heavy atom. The molecule has 0 atom stereocenters. The lowest BCUT2D eigenvalue weighted by molar-refractivity contribution is -0.120. The third-order valence-corrected chi connectivity index (χ3v) is 3.52. The van der Waals surface area contributed by atoms with Gasteiger partial charge in [-0.3, -0.25) is 9.59 Å². The molecule has 2 heterocycles. The number of amides is 2. The Labute approximate surface area is 143 Å². The Bertz CT molecular complexity index is 869. The van der Waals surface area contributed by atoms with E-state index in [1.54, 1.807) is 24.3 Å². The minimum Gasteiger partial charge on any atom is -0.348 e. The molecule has 0 saturated carbocycles. The van der Waals surface area contributed by atoms with Crippen LogP contribution < -0.4 is 10.6 Å². The van der Waals surface area contributed by atoms with Gasteiger partial charge in [0.2, 0.25) is 17.6 Å². The van der Waals surface area contributed by atoms with Gasteiger partial charge in [0.15, 0.2) is 0 Å². The largest absolute Gasteiger partial charge is 0.348 e. The predicted molar refractivity (Wildman–Crippen MR) is 89.3 cm³/mol. The Hall–Kier alpha value is -3.42. The summed E-state index contributed by atoms with van der Waals surface area (Å²) < 4.78 is 6.98. The number of hydrogen-bond donors (Lipinski definition) is 2. The SMILES string of the molecule is Cn1cccc1-c1noc(CNC(=O)CNC(=O)c2ccccc2)n1. The second kappa shape index (κ2) is 7.43. The van der Waals surface area contributed by atoms with E-state index in [2.05, 4.69) is 20.8 Å². The van der Waals surface area contributed by atoms with Crippen LogP contribution in [0.2, 0.25) is 0 Å². The molecule has 0 bridgehead atoms. The zero-order valence-corrected chi connectivity index (χ0v) is 13.6. The Kier molecular flexibility index (Phi) is 4.89. The molecule has 3 rings (SSSR count). The van der Waals surface area contributed by atoms with E-state index < -0.39 is 0 Å². The highest BCUT2D eigenvalue weighted by Gasteiger charge is 2.12. The lowest BCUT2D eigenvalue weighted by Crippen LogP contribution is -2.36. The van der Waals surface area contributed by atoms with Gasteiger partial charge in [-0.1, -0.05) is 23.4 Å². The highest BCUT2D eigenvalue weighted by atomic mass is 16.5. The van der Waals surface area contributed by atoms with Crippen molar-refractivity contribution in [3.63, 3.8) is 0 Å². The number of hydrogen-bond acceptors (Lipinski definition) is 5. The maximum atomic E-state index is 11.9. The molecule has 128 valence electrons. The molecule has 0 unspecified atom stereocenters. The number of benzene rings is 1. The zero-order chi connectivity index (χ0) is 17.6. The van der Waals surface area contributed by atoms with Crippen LogP contribution in [0.4, 0.5) is 0 Å². The summed E-state index contributed by atoms with van der Waals surface area (Å²) >= 11 is 0. The maximum Gasteiger partial charge on any atom is 0.251 e. The van der Waals surface area contributed by atoms with Crippen LogP contribution in [0.3, 0.4) is 0 Å². The first-order chi connectivity index (χ1) is 12.1. The summed E-state index contributed by atoms with van der Waals surface area (Å²) in [6.45, 7) is -0.0377. The Morgan fingerprint density at radius 1 is 1.12 bits per heavy atom. The topological polar surface area (TPSA) is 102 Å². The summed E-state index contributed by atoms with van der Waals surface area (Å²) in [5.41, 5.74) is 1.32. The summed E-state index contributed by atoms with van der Waals surface area (Å²) in [5, 5.41) is 9.05. The minimum absolute atomic E-state index is 0.0947.